The van der Waals surface area contributed by atoms with E-state index in [0.717, 1.165) is 5.75 Å². The molecule has 2 rings (SSSR count). The summed E-state index contributed by atoms with van der Waals surface area (Å²) in [5.41, 5.74) is 8.72. The Morgan fingerprint density at radius 1 is 1.31 bits per heavy atom. The van der Waals surface area contributed by atoms with Crippen molar-refractivity contribution in [2.75, 3.05) is 7.11 Å². The van der Waals surface area contributed by atoms with E-state index in [1.807, 2.05) is 0 Å². The fourth-order valence-corrected chi connectivity index (χ4v) is 2.79. The predicted octanol–water partition coefficient (Wildman–Crippen LogP) is 3.19. The lowest BCUT2D eigenvalue weighted by molar-refractivity contribution is 0.383. The lowest BCUT2D eigenvalue weighted by Crippen LogP contribution is -2.20. The van der Waals surface area contributed by atoms with Gasteiger partial charge in [0.15, 0.2) is 0 Å². The summed E-state index contributed by atoms with van der Waals surface area (Å²) in [6, 6.07) is 6.39. The molecule has 1 unspecified atom stereocenters. The normalized spacial score (nSPS) is 18.7. The third kappa shape index (κ3) is 2.07. The van der Waals surface area contributed by atoms with Crippen LogP contribution in [0.5, 0.6) is 5.75 Å². The van der Waals surface area contributed by atoms with E-state index in [-0.39, 0.29) is 6.04 Å². The van der Waals surface area contributed by atoms with Crippen LogP contribution in [-0.4, -0.2) is 7.11 Å². The molecule has 2 N–H and O–H groups in total. The van der Waals surface area contributed by atoms with Crippen molar-refractivity contribution in [2.45, 2.75) is 38.6 Å². The molecule has 0 spiro atoms. The van der Waals surface area contributed by atoms with Gasteiger partial charge in [0.2, 0.25) is 0 Å². The highest BCUT2D eigenvalue weighted by Crippen LogP contribution is 2.38. The number of aryl methyl sites for hydroxylation is 1. The highest BCUT2D eigenvalue weighted by Gasteiger charge is 2.25. The van der Waals surface area contributed by atoms with Crippen molar-refractivity contribution in [1.29, 1.82) is 0 Å². The first kappa shape index (κ1) is 11.5. The maximum Gasteiger partial charge on any atom is 0.126 e. The Balaban J connectivity index is 2.27. The van der Waals surface area contributed by atoms with E-state index >= 15 is 0 Å². The zero-order chi connectivity index (χ0) is 11.5. The molecule has 2 nitrogen and oxygen atoms in total. The van der Waals surface area contributed by atoms with Crippen LogP contribution in [-0.2, 0) is 0 Å². The summed E-state index contributed by atoms with van der Waals surface area (Å²) >= 11 is 0. The summed E-state index contributed by atoms with van der Waals surface area (Å²) in [5, 5.41) is 0. The summed E-state index contributed by atoms with van der Waals surface area (Å²) < 4.78 is 5.48. The van der Waals surface area contributed by atoms with E-state index in [2.05, 4.69) is 25.1 Å². The van der Waals surface area contributed by atoms with Gasteiger partial charge in [0.05, 0.1) is 7.11 Å². The molecular weight excluding hydrogens is 198 g/mol. The van der Waals surface area contributed by atoms with Crippen molar-refractivity contribution in [3.8, 4) is 5.75 Å². The lowest BCUT2D eigenvalue weighted by Gasteiger charge is -2.22. The molecular formula is C14H21NO. The first-order valence-electron chi connectivity index (χ1n) is 6.13. The Morgan fingerprint density at radius 2 is 2.00 bits per heavy atom. The molecule has 1 aromatic carbocycles. The zero-order valence-corrected chi connectivity index (χ0v) is 10.2. The number of rotatable bonds is 3. The molecule has 0 amide bonds. The molecule has 0 radical (unpaired) electrons. The first-order valence-corrected chi connectivity index (χ1v) is 6.13. The van der Waals surface area contributed by atoms with Gasteiger partial charge < -0.3 is 10.5 Å². The quantitative estimate of drug-likeness (QED) is 0.847. The predicted molar refractivity (Wildman–Crippen MR) is 66.6 cm³/mol. The molecule has 16 heavy (non-hydrogen) atoms. The molecule has 0 bridgehead atoms. The maximum atomic E-state index is 6.37. The third-order valence-corrected chi connectivity index (χ3v) is 3.71. The SMILES string of the molecule is COc1c(C)cccc1C(N)C1CCCC1. The molecule has 1 aromatic rings. The Kier molecular flexibility index (Phi) is 3.49. The zero-order valence-electron chi connectivity index (χ0n) is 10.2. The van der Waals surface area contributed by atoms with Crippen LogP contribution in [0.15, 0.2) is 18.2 Å². The van der Waals surface area contributed by atoms with Crippen LogP contribution in [0, 0.1) is 12.8 Å². The minimum Gasteiger partial charge on any atom is -0.496 e. The van der Waals surface area contributed by atoms with E-state index in [1.165, 1.54) is 36.8 Å². The van der Waals surface area contributed by atoms with Crippen LogP contribution in [0.1, 0.15) is 42.9 Å². The number of ether oxygens (including phenoxy) is 1. The van der Waals surface area contributed by atoms with Crippen LogP contribution in [0.4, 0.5) is 0 Å². The second-order valence-electron chi connectivity index (χ2n) is 4.77. The number of benzene rings is 1. The second-order valence-corrected chi connectivity index (χ2v) is 4.77. The van der Waals surface area contributed by atoms with Gasteiger partial charge in [-0.1, -0.05) is 31.0 Å². The summed E-state index contributed by atoms with van der Waals surface area (Å²) in [6.07, 6.45) is 5.18. The van der Waals surface area contributed by atoms with Crippen molar-refractivity contribution in [1.82, 2.24) is 0 Å². The molecule has 0 aliphatic heterocycles. The molecule has 1 saturated carbocycles. The van der Waals surface area contributed by atoms with Crippen molar-refractivity contribution in [3.63, 3.8) is 0 Å². The van der Waals surface area contributed by atoms with Gasteiger partial charge in [0.1, 0.15) is 5.75 Å². The molecule has 1 aliphatic carbocycles. The average molecular weight is 219 g/mol. The Labute approximate surface area is 97.8 Å². The molecule has 2 heteroatoms. The Bertz CT molecular complexity index is 356. The molecule has 0 saturated heterocycles. The standard InChI is InChI=1S/C14H21NO/c1-10-6-5-9-12(14(10)16-2)13(15)11-7-3-4-8-11/h5-6,9,11,13H,3-4,7-8,15H2,1-2H3. The number of hydrogen-bond donors (Lipinski definition) is 1. The van der Waals surface area contributed by atoms with Gasteiger partial charge in [-0.2, -0.15) is 0 Å². The van der Waals surface area contributed by atoms with E-state index in [0.29, 0.717) is 5.92 Å². The minimum atomic E-state index is 0.136. The van der Waals surface area contributed by atoms with Gasteiger partial charge in [-0.15, -0.1) is 0 Å². The van der Waals surface area contributed by atoms with E-state index in [4.69, 9.17) is 10.5 Å². The van der Waals surface area contributed by atoms with E-state index in [1.54, 1.807) is 7.11 Å². The summed E-state index contributed by atoms with van der Waals surface area (Å²) in [5.74, 6) is 1.61. The van der Waals surface area contributed by atoms with E-state index < -0.39 is 0 Å². The molecule has 0 heterocycles. The van der Waals surface area contributed by atoms with Crippen molar-refractivity contribution >= 4 is 0 Å². The molecule has 1 aliphatic rings. The third-order valence-electron chi connectivity index (χ3n) is 3.71. The van der Waals surface area contributed by atoms with Crippen molar-refractivity contribution in [2.24, 2.45) is 11.7 Å². The molecule has 0 aromatic heterocycles. The summed E-state index contributed by atoms with van der Waals surface area (Å²) in [7, 11) is 1.73. The van der Waals surface area contributed by atoms with Crippen LogP contribution in [0.2, 0.25) is 0 Å². The topological polar surface area (TPSA) is 35.2 Å². The highest BCUT2D eigenvalue weighted by molar-refractivity contribution is 5.42. The number of hydrogen-bond acceptors (Lipinski definition) is 2. The Hall–Kier alpha value is -1.02. The van der Waals surface area contributed by atoms with Crippen LogP contribution < -0.4 is 10.5 Å². The van der Waals surface area contributed by atoms with Crippen LogP contribution >= 0.6 is 0 Å². The first-order chi connectivity index (χ1) is 7.74. The van der Waals surface area contributed by atoms with Gasteiger partial charge >= 0.3 is 0 Å². The largest absolute Gasteiger partial charge is 0.496 e. The Morgan fingerprint density at radius 3 is 2.62 bits per heavy atom. The monoisotopic (exact) mass is 219 g/mol. The van der Waals surface area contributed by atoms with Gasteiger partial charge in [-0.05, 0) is 31.2 Å². The maximum absolute atomic E-state index is 6.37. The number of nitrogens with two attached hydrogens (primary N) is 1. The van der Waals surface area contributed by atoms with Crippen LogP contribution in [0.3, 0.4) is 0 Å². The molecule has 1 fully saturated rings. The van der Waals surface area contributed by atoms with Gasteiger partial charge in [-0.25, -0.2) is 0 Å². The van der Waals surface area contributed by atoms with Gasteiger partial charge in [0.25, 0.3) is 0 Å². The second kappa shape index (κ2) is 4.88. The number of methoxy groups -OCH3 is 1. The van der Waals surface area contributed by atoms with E-state index in [9.17, 15) is 0 Å². The molecule has 1 atom stereocenters. The smallest absolute Gasteiger partial charge is 0.126 e. The average Bonchev–Trinajstić information content (AvgIpc) is 2.81. The molecule has 88 valence electrons. The van der Waals surface area contributed by atoms with Crippen LogP contribution in [0.25, 0.3) is 0 Å². The van der Waals surface area contributed by atoms with Crippen molar-refractivity contribution in [3.05, 3.63) is 29.3 Å². The van der Waals surface area contributed by atoms with Crippen molar-refractivity contribution < 1.29 is 4.74 Å². The fourth-order valence-electron chi connectivity index (χ4n) is 2.79. The summed E-state index contributed by atoms with van der Waals surface area (Å²) in [6.45, 7) is 2.07. The lowest BCUT2D eigenvalue weighted by atomic mass is 9.91. The van der Waals surface area contributed by atoms with Gasteiger partial charge in [-0.3, -0.25) is 0 Å². The fraction of sp³-hybridized carbons (Fsp3) is 0.571. The van der Waals surface area contributed by atoms with Gasteiger partial charge in [0, 0.05) is 11.6 Å². The summed E-state index contributed by atoms with van der Waals surface area (Å²) in [4.78, 5) is 0. The minimum absolute atomic E-state index is 0.136. The number of para-hydroxylation sites is 1. The highest BCUT2D eigenvalue weighted by atomic mass is 16.5.